The Morgan fingerprint density at radius 2 is 1.71 bits per heavy atom. The zero-order valence-electron chi connectivity index (χ0n) is 11.9. The van der Waals surface area contributed by atoms with Crippen molar-refractivity contribution in [2.75, 3.05) is 32.7 Å². The molecule has 0 aromatic carbocycles. The Hall–Kier alpha value is -0.610. The van der Waals surface area contributed by atoms with E-state index < -0.39 is 5.54 Å². The molecule has 17 heavy (non-hydrogen) atoms. The molecule has 4 nitrogen and oxygen atoms in total. The van der Waals surface area contributed by atoms with Crippen molar-refractivity contribution in [1.29, 1.82) is 0 Å². The van der Waals surface area contributed by atoms with Crippen molar-refractivity contribution in [3.05, 3.63) is 0 Å². The first-order valence-corrected chi connectivity index (χ1v) is 6.47. The molecule has 100 valence electrons. The fraction of sp³-hybridized carbons (Fsp3) is 0.923. The number of piperazine rings is 1. The van der Waals surface area contributed by atoms with Gasteiger partial charge in [-0.05, 0) is 19.3 Å². The smallest absolute Gasteiger partial charge is 0.239 e. The maximum Gasteiger partial charge on any atom is 0.239 e. The third kappa shape index (κ3) is 4.28. The van der Waals surface area contributed by atoms with Gasteiger partial charge in [0.1, 0.15) is 0 Å². The fourth-order valence-corrected chi connectivity index (χ4v) is 1.93. The predicted molar refractivity (Wildman–Crippen MR) is 71.0 cm³/mol. The van der Waals surface area contributed by atoms with Crippen molar-refractivity contribution >= 4 is 5.91 Å². The molecule has 1 aliphatic rings. The number of hydrogen-bond acceptors (Lipinski definition) is 3. The van der Waals surface area contributed by atoms with Gasteiger partial charge in [0.2, 0.25) is 5.91 Å². The number of carbonyl (C=O) groups excluding carboxylic acids is 1. The van der Waals surface area contributed by atoms with Gasteiger partial charge in [0.15, 0.2) is 0 Å². The summed E-state index contributed by atoms with van der Waals surface area (Å²) in [4.78, 5) is 14.5. The monoisotopic (exact) mass is 241 g/mol. The lowest BCUT2D eigenvalue weighted by molar-refractivity contribution is -0.132. The average Bonchev–Trinajstić information content (AvgIpc) is 2.26. The van der Waals surface area contributed by atoms with E-state index in [0.29, 0.717) is 0 Å². The number of rotatable bonds is 3. The van der Waals surface area contributed by atoms with Crippen molar-refractivity contribution in [1.82, 2.24) is 15.5 Å². The van der Waals surface area contributed by atoms with E-state index in [0.717, 1.165) is 32.7 Å². The van der Waals surface area contributed by atoms with E-state index in [4.69, 9.17) is 0 Å². The summed E-state index contributed by atoms with van der Waals surface area (Å²) in [5, 5.41) is 6.37. The minimum Gasteiger partial charge on any atom is -0.354 e. The zero-order valence-corrected chi connectivity index (χ0v) is 11.9. The molecule has 1 fully saturated rings. The van der Waals surface area contributed by atoms with E-state index in [1.54, 1.807) is 0 Å². The molecule has 1 rings (SSSR count). The van der Waals surface area contributed by atoms with E-state index >= 15 is 0 Å². The molecule has 1 amide bonds. The van der Waals surface area contributed by atoms with Gasteiger partial charge in [-0.2, -0.15) is 0 Å². The van der Waals surface area contributed by atoms with Gasteiger partial charge in [0.05, 0.1) is 5.54 Å². The fourth-order valence-electron chi connectivity index (χ4n) is 1.93. The number of nitrogens with zero attached hydrogens (tertiary/aromatic N) is 1. The largest absolute Gasteiger partial charge is 0.354 e. The molecule has 0 saturated carbocycles. The summed E-state index contributed by atoms with van der Waals surface area (Å²) in [5.41, 5.74) is -0.275. The molecule has 2 N–H and O–H groups in total. The SMILES string of the molecule is CC(C)(C)CNC(=O)C(C)(C)N1CCNCC1. The van der Waals surface area contributed by atoms with Gasteiger partial charge in [0, 0.05) is 32.7 Å². The standard InChI is InChI=1S/C13H27N3O/c1-12(2,3)10-15-11(17)13(4,5)16-8-6-14-7-9-16/h14H,6-10H2,1-5H3,(H,15,17). The topological polar surface area (TPSA) is 44.4 Å². The van der Waals surface area contributed by atoms with Gasteiger partial charge < -0.3 is 10.6 Å². The summed E-state index contributed by atoms with van der Waals surface area (Å²) in [6.07, 6.45) is 0. The van der Waals surface area contributed by atoms with Crippen molar-refractivity contribution in [3.8, 4) is 0 Å². The molecule has 1 saturated heterocycles. The van der Waals surface area contributed by atoms with E-state index in [1.165, 1.54) is 0 Å². The van der Waals surface area contributed by atoms with E-state index in [9.17, 15) is 4.79 Å². The van der Waals surface area contributed by atoms with Gasteiger partial charge in [-0.1, -0.05) is 20.8 Å². The summed E-state index contributed by atoms with van der Waals surface area (Å²) in [7, 11) is 0. The normalized spacial score (nSPS) is 19.1. The molecule has 4 heteroatoms. The molecular weight excluding hydrogens is 214 g/mol. The first kappa shape index (κ1) is 14.5. The molecular formula is C13H27N3O. The van der Waals surface area contributed by atoms with Crippen molar-refractivity contribution in [3.63, 3.8) is 0 Å². The maximum absolute atomic E-state index is 12.2. The molecule has 0 aromatic heterocycles. The Morgan fingerprint density at radius 1 is 1.18 bits per heavy atom. The Kier molecular flexibility index (Phi) is 4.55. The lowest BCUT2D eigenvalue weighted by Gasteiger charge is -2.40. The summed E-state index contributed by atoms with van der Waals surface area (Å²) in [5.74, 6) is 0.134. The minimum atomic E-state index is -0.409. The number of carbonyl (C=O) groups is 1. The second-order valence-corrected chi connectivity index (χ2v) is 6.54. The van der Waals surface area contributed by atoms with Crippen LogP contribution >= 0.6 is 0 Å². The van der Waals surface area contributed by atoms with Crippen molar-refractivity contribution in [2.45, 2.75) is 40.2 Å². The van der Waals surface area contributed by atoms with Gasteiger partial charge in [-0.15, -0.1) is 0 Å². The highest BCUT2D eigenvalue weighted by atomic mass is 16.2. The van der Waals surface area contributed by atoms with Gasteiger partial charge in [-0.25, -0.2) is 0 Å². The first-order chi connectivity index (χ1) is 7.73. The molecule has 0 radical (unpaired) electrons. The lowest BCUT2D eigenvalue weighted by Crippen LogP contribution is -2.60. The molecule has 1 heterocycles. The zero-order chi connectivity index (χ0) is 13.1. The van der Waals surface area contributed by atoms with Gasteiger partial charge >= 0.3 is 0 Å². The van der Waals surface area contributed by atoms with Crippen LogP contribution in [-0.4, -0.2) is 49.1 Å². The minimum absolute atomic E-state index is 0.134. The Morgan fingerprint density at radius 3 is 2.18 bits per heavy atom. The van der Waals surface area contributed by atoms with Gasteiger partial charge in [-0.3, -0.25) is 9.69 Å². The Labute approximate surface area is 105 Å². The van der Waals surface area contributed by atoms with E-state index in [2.05, 4.69) is 36.3 Å². The van der Waals surface area contributed by atoms with E-state index in [-0.39, 0.29) is 11.3 Å². The van der Waals surface area contributed by atoms with Crippen LogP contribution < -0.4 is 10.6 Å². The quantitative estimate of drug-likeness (QED) is 0.769. The van der Waals surface area contributed by atoms with Crippen LogP contribution in [0.3, 0.4) is 0 Å². The highest BCUT2D eigenvalue weighted by molar-refractivity contribution is 5.85. The first-order valence-electron chi connectivity index (χ1n) is 6.47. The molecule has 0 aromatic rings. The number of hydrogen-bond donors (Lipinski definition) is 2. The van der Waals surface area contributed by atoms with Crippen LogP contribution in [0.15, 0.2) is 0 Å². The van der Waals surface area contributed by atoms with Gasteiger partial charge in [0.25, 0.3) is 0 Å². The van der Waals surface area contributed by atoms with Crippen molar-refractivity contribution in [2.24, 2.45) is 5.41 Å². The number of nitrogens with one attached hydrogen (secondary N) is 2. The molecule has 1 aliphatic heterocycles. The molecule has 0 spiro atoms. The second kappa shape index (κ2) is 5.36. The van der Waals surface area contributed by atoms with Crippen LogP contribution in [0.4, 0.5) is 0 Å². The summed E-state index contributed by atoms with van der Waals surface area (Å²) in [6, 6.07) is 0. The highest BCUT2D eigenvalue weighted by Gasteiger charge is 2.35. The predicted octanol–water partition coefficient (Wildman–Crippen LogP) is 0.833. The van der Waals surface area contributed by atoms with Crippen LogP contribution in [0, 0.1) is 5.41 Å². The Balaban J connectivity index is 2.53. The lowest BCUT2D eigenvalue weighted by atomic mass is 9.95. The average molecular weight is 241 g/mol. The maximum atomic E-state index is 12.2. The molecule has 0 atom stereocenters. The van der Waals surface area contributed by atoms with Crippen LogP contribution in [0.1, 0.15) is 34.6 Å². The van der Waals surface area contributed by atoms with Crippen LogP contribution in [0.2, 0.25) is 0 Å². The summed E-state index contributed by atoms with van der Waals surface area (Å²) >= 11 is 0. The number of amides is 1. The Bertz CT molecular complexity index is 262. The van der Waals surface area contributed by atoms with Crippen LogP contribution in [-0.2, 0) is 4.79 Å². The highest BCUT2D eigenvalue weighted by Crippen LogP contribution is 2.17. The van der Waals surface area contributed by atoms with Crippen LogP contribution in [0.5, 0.6) is 0 Å². The van der Waals surface area contributed by atoms with Crippen LogP contribution in [0.25, 0.3) is 0 Å². The third-order valence-electron chi connectivity index (χ3n) is 3.24. The summed E-state index contributed by atoms with van der Waals surface area (Å²) in [6.45, 7) is 15.0. The third-order valence-corrected chi connectivity index (χ3v) is 3.24. The second-order valence-electron chi connectivity index (χ2n) is 6.54. The molecule has 0 bridgehead atoms. The van der Waals surface area contributed by atoms with E-state index in [1.807, 2.05) is 13.8 Å². The van der Waals surface area contributed by atoms with Crippen molar-refractivity contribution < 1.29 is 4.79 Å². The summed E-state index contributed by atoms with van der Waals surface area (Å²) < 4.78 is 0. The molecule has 0 aliphatic carbocycles. The molecule has 0 unspecified atom stereocenters.